The molecule has 1 aliphatic heterocycles. The van der Waals surface area contributed by atoms with E-state index in [0.717, 1.165) is 50.5 Å². The molecule has 3 aliphatic rings. The maximum absolute atomic E-state index is 13.5. The van der Waals surface area contributed by atoms with Crippen molar-refractivity contribution >= 4 is 5.97 Å². The Morgan fingerprint density at radius 2 is 1.59 bits per heavy atom. The van der Waals surface area contributed by atoms with Crippen LogP contribution in [0.4, 0.5) is 26.3 Å². The van der Waals surface area contributed by atoms with E-state index in [4.69, 9.17) is 0 Å². The van der Waals surface area contributed by atoms with Gasteiger partial charge >= 0.3 is 41.9 Å². The van der Waals surface area contributed by atoms with Gasteiger partial charge in [-0.25, -0.2) is 0 Å². The minimum absolute atomic E-state index is 0. The number of carboxylic acid groups (broad SMARTS) is 1. The van der Waals surface area contributed by atoms with E-state index in [1.807, 2.05) is 4.90 Å². The van der Waals surface area contributed by atoms with Crippen LogP contribution in [0.15, 0.2) is 36.4 Å². The van der Waals surface area contributed by atoms with Crippen LogP contribution in [0.2, 0.25) is 0 Å². The summed E-state index contributed by atoms with van der Waals surface area (Å²) in [6.07, 6.45) is -2.95. The van der Waals surface area contributed by atoms with E-state index < -0.39 is 35.4 Å². The molecule has 0 bridgehead atoms. The van der Waals surface area contributed by atoms with Crippen molar-refractivity contribution in [2.24, 2.45) is 23.7 Å². The Morgan fingerprint density at radius 1 is 0.902 bits per heavy atom. The molecule has 0 amide bonds. The van der Waals surface area contributed by atoms with Gasteiger partial charge in [-0.15, -0.1) is 0 Å². The molecule has 2 aromatic rings. The third-order valence-electron chi connectivity index (χ3n) is 9.35. The molecule has 218 valence electrons. The standard InChI is InChI=1S/C31H35F6NO2.Na/c1-18(29(39)40)28(21-4-5-21)23-7-3-19-2-6-22(14-24(19)15-23)20-10-12-38(13-11-20)17-25-16-26(30(32,33)34)8-9-27(25)31(35,36)37;/h3,7-9,15-16,18,20-22,28H,2,4-6,10-14,17H2,1H3,(H,39,40);/q;+1/p-1/t18-,22?,28-;/m0./s1. The Morgan fingerprint density at radius 3 is 2.17 bits per heavy atom. The van der Waals surface area contributed by atoms with Crippen molar-refractivity contribution in [2.75, 3.05) is 13.1 Å². The predicted molar refractivity (Wildman–Crippen MR) is 136 cm³/mol. The average molecular weight is 590 g/mol. The van der Waals surface area contributed by atoms with Crippen LogP contribution in [0.5, 0.6) is 0 Å². The van der Waals surface area contributed by atoms with Gasteiger partial charge in [0.1, 0.15) is 0 Å². The fraction of sp³-hybridized carbons (Fsp3) is 0.581. The molecule has 0 aromatic heterocycles. The Bertz CT molecular complexity index is 1230. The molecule has 0 radical (unpaired) electrons. The molecule has 1 unspecified atom stereocenters. The van der Waals surface area contributed by atoms with Crippen LogP contribution < -0.4 is 34.7 Å². The van der Waals surface area contributed by atoms with Crippen molar-refractivity contribution in [3.8, 4) is 0 Å². The van der Waals surface area contributed by atoms with Gasteiger partial charge in [0, 0.05) is 18.4 Å². The number of carbonyl (C=O) groups excluding carboxylic acids is 1. The number of hydrogen-bond donors (Lipinski definition) is 0. The molecular formula is C31H34F6NNaO2. The van der Waals surface area contributed by atoms with Gasteiger partial charge in [0.25, 0.3) is 0 Å². The average Bonchev–Trinajstić information content (AvgIpc) is 3.73. The van der Waals surface area contributed by atoms with Crippen molar-refractivity contribution in [2.45, 2.75) is 76.7 Å². The first-order valence-electron chi connectivity index (χ1n) is 14.1. The van der Waals surface area contributed by atoms with E-state index >= 15 is 0 Å². The smallest absolute Gasteiger partial charge is 0.550 e. The maximum Gasteiger partial charge on any atom is 1.00 e. The summed E-state index contributed by atoms with van der Waals surface area (Å²) in [5, 5.41) is 11.6. The van der Waals surface area contributed by atoms with Crippen molar-refractivity contribution in [1.82, 2.24) is 4.90 Å². The zero-order valence-electron chi connectivity index (χ0n) is 23.5. The van der Waals surface area contributed by atoms with E-state index in [1.165, 1.54) is 11.1 Å². The molecule has 2 fully saturated rings. The van der Waals surface area contributed by atoms with E-state index in [-0.39, 0.29) is 47.6 Å². The summed E-state index contributed by atoms with van der Waals surface area (Å²) in [5.74, 6) is -0.434. The van der Waals surface area contributed by atoms with Crippen molar-refractivity contribution < 1.29 is 65.8 Å². The van der Waals surface area contributed by atoms with Gasteiger partial charge in [0.05, 0.1) is 11.1 Å². The second-order valence-corrected chi connectivity index (χ2v) is 12.0. The summed E-state index contributed by atoms with van der Waals surface area (Å²) in [7, 11) is 0. The number of likely N-dealkylation sites (tertiary alicyclic amines) is 1. The number of benzene rings is 2. The summed E-state index contributed by atoms with van der Waals surface area (Å²) >= 11 is 0. The number of hydrogen-bond acceptors (Lipinski definition) is 3. The van der Waals surface area contributed by atoms with Crippen LogP contribution in [-0.2, 0) is 36.5 Å². The second kappa shape index (κ2) is 12.6. The summed E-state index contributed by atoms with van der Waals surface area (Å²) in [5.41, 5.74) is 1.19. The number of carbonyl (C=O) groups is 1. The number of halogens is 6. The van der Waals surface area contributed by atoms with Gasteiger partial charge in [-0.1, -0.05) is 25.1 Å². The minimum atomic E-state index is -4.72. The normalized spacial score (nSPS) is 22.0. The first-order chi connectivity index (χ1) is 18.8. The molecule has 2 aliphatic carbocycles. The zero-order chi connectivity index (χ0) is 28.8. The van der Waals surface area contributed by atoms with Crippen LogP contribution in [0.3, 0.4) is 0 Å². The number of alkyl halides is 6. The number of piperidine rings is 1. The molecule has 1 saturated heterocycles. The largest absolute Gasteiger partial charge is 1.00 e. The van der Waals surface area contributed by atoms with Crippen molar-refractivity contribution in [1.29, 1.82) is 0 Å². The summed E-state index contributed by atoms with van der Waals surface area (Å²) in [4.78, 5) is 13.5. The molecule has 41 heavy (non-hydrogen) atoms. The monoisotopic (exact) mass is 589 g/mol. The van der Waals surface area contributed by atoms with E-state index in [9.17, 15) is 36.2 Å². The minimum Gasteiger partial charge on any atom is -0.550 e. The molecular weight excluding hydrogens is 555 g/mol. The molecule has 3 nitrogen and oxygen atoms in total. The van der Waals surface area contributed by atoms with Crippen LogP contribution in [0.1, 0.15) is 78.3 Å². The first kappa shape index (κ1) is 32.4. The Hall–Kier alpha value is -1.55. The van der Waals surface area contributed by atoms with Gasteiger partial charge in [-0.3, -0.25) is 4.90 Å². The fourth-order valence-corrected chi connectivity index (χ4v) is 6.99. The topological polar surface area (TPSA) is 43.4 Å². The number of carboxylic acids is 1. The van der Waals surface area contributed by atoms with Gasteiger partial charge < -0.3 is 9.90 Å². The predicted octanol–water partition coefficient (Wildman–Crippen LogP) is 3.62. The number of rotatable bonds is 7. The summed E-state index contributed by atoms with van der Waals surface area (Å²) < 4.78 is 80.2. The van der Waals surface area contributed by atoms with Crippen LogP contribution >= 0.6 is 0 Å². The molecule has 5 rings (SSSR count). The number of fused-ring (bicyclic) bond motifs is 1. The van der Waals surface area contributed by atoms with Crippen molar-refractivity contribution in [3.05, 3.63) is 69.8 Å². The van der Waals surface area contributed by atoms with E-state index in [1.54, 1.807) is 6.92 Å². The third kappa shape index (κ3) is 7.51. The second-order valence-electron chi connectivity index (χ2n) is 12.0. The Balaban J connectivity index is 0.00000387. The third-order valence-corrected chi connectivity index (χ3v) is 9.35. The number of aliphatic carboxylic acids is 1. The maximum atomic E-state index is 13.5. The Labute approximate surface area is 259 Å². The zero-order valence-corrected chi connectivity index (χ0v) is 25.5. The number of aryl methyl sites for hydroxylation is 1. The molecule has 1 heterocycles. The fourth-order valence-electron chi connectivity index (χ4n) is 6.99. The summed E-state index contributed by atoms with van der Waals surface area (Å²) in [6.45, 7) is 2.63. The van der Waals surface area contributed by atoms with Gasteiger partial charge in [0.2, 0.25) is 0 Å². The van der Waals surface area contributed by atoms with Crippen LogP contribution in [0, 0.1) is 23.7 Å². The van der Waals surface area contributed by atoms with Gasteiger partial charge in [0.15, 0.2) is 0 Å². The molecule has 3 atom stereocenters. The first-order valence-corrected chi connectivity index (χ1v) is 14.1. The van der Waals surface area contributed by atoms with Crippen LogP contribution in [-0.4, -0.2) is 24.0 Å². The SMILES string of the molecule is C[C@H](C(=O)[O-])[C@H](c1ccc2c(c1)CC(C1CCN(Cc3cc(C(F)(F)F)ccc3C(F)(F)F)CC1)CC2)C1CC1.[Na+]. The van der Waals surface area contributed by atoms with Crippen LogP contribution in [0.25, 0.3) is 0 Å². The van der Waals surface area contributed by atoms with E-state index in [0.29, 0.717) is 49.0 Å². The summed E-state index contributed by atoms with van der Waals surface area (Å²) in [6, 6.07) is 8.07. The van der Waals surface area contributed by atoms with Gasteiger partial charge in [-0.05, 0) is 122 Å². The molecule has 10 heteroatoms. The van der Waals surface area contributed by atoms with E-state index in [2.05, 4.69) is 18.2 Å². The molecule has 0 spiro atoms. The molecule has 2 aromatic carbocycles. The molecule has 0 N–H and O–H groups in total. The van der Waals surface area contributed by atoms with Gasteiger partial charge in [-0.2, -0.15) is 26.3 Å². The molecule has 1 saturated carbocycles. The van der Waals surface area contributed by atoms with Crippen molar-refractivity contribution in [3.63, 3.8) is 0 Å². The number of nitrogens with zero attached hydrogens (tertiary/aromatic N) is 1. The Kier molecular flexibility index (Phi) is 9.94. The quantitative estimate of drug-likeness (QED) is 0.366.